The molecule has 84 heavy (non-hydrogen) atoms. The number of aromatic amines is 1. The van der Waals surface area contributed by atoms with E-state index in [1.54, 1.807) is 61.5 Å². The maximum Gasteiger partial charge on any atom is 0.150 e. The lowest BCUT2D eigenvalue weighted by molar-refractivity contribution is -0.0384. The molecule has 2 aliphatic rings. The lowest BCUT2D eigenvalue weighted by Crippen LogP contribution is -2.27. The third-order valence-electron chi connectivity index (χ3n) is 13.0. The van der Waals surface area contributed by atoms with E-state index in [4.69, 9.17) is 40.4 Å². The van der Waals surface area contributed by atoms with E-state index in [1.165, 1.54) is 12.8 Å². The Morgan fingerprint density at radius 2 is 1.11 bits per heavy atom. The second-order valence-corrected chi connectivity index (χ2v) is 27.2. The fourth-order valence-corrected chi connectivity index (χ4v) is 13.5. The van der Waals surface area contributed by atoms with Crippen molar-refractivity contribution in [2.24, 2.45) is 5.73 Å². The number of H-pyrrole nitrogens is 1. The van der Waals surface area contributed by atoms with E-state index < -0.39 is 0 Å². The van der Waals surface area contributed by atoms with Gasteiger partial charge in [-0.25, -0.2) is 24.3 Å². The summed E-state index contributed by atoms with van der Waals surface area (Å²) in [6.07, 6.45) is 12.1. The van der Waals surface area contributed by atoms with Gasteiger partial charge in [0, 0.05) is 98.9 Å². The van der Waals surface area contributed by atoms with Crippen LogP contribution in [0.2, 0.25) is 0 Å². The first-order chi connectivity index (χ1) is 40.2. The Bertz CT molecular complexity index is 3480. The van der Waals surface area contributed by atoms with Crippen molar-refractivity contribution in [2.45, 2.75) is 142 Å². The number of halogens is 1. The average molecular weight is 1270 g/mol. The highest BCUT2D eigenvalue weighted by Crippen LogP contribution is 2.42. The van der Waals surface area contributed by atoms with Gasteiger partial charge in [0.25, 0.3) is 0 Å². The van der Waals surface area contributed by atoms with Gasteiger partial charge in [0.05, 0.1) is 93.6 Å². The summed E-state index contributed by atoms with van der Waals surface area (Å²) in [5, 5.41) is 30.1. The predicted molar refractivity (Wildman–Crippen MR) is 351 cm³/mol. The number of hydrogen-bond acceptors (Lipinski definition) is 20. The number of pyridine rings is 3. The minimum Gasteiger partial charge on any atom is -0.384 e. The smallest absolute Gasteiger partial charge is 0.150 e. The molecule has 24 heteroatoms. The molecule has 0 aromatic carbocycles. The van der Waals surface area contributed by atoms with Crippen LogP contribution in [0, 0.1) is 0 Å². The van der Waals surface area contributed by atoms with Crippen LogP contribution in [0.1, 0.15) is 113 Å². The van der Waals surface area contributed by atoms with Crippen LogP contribution in [-0.4, -0.2) is 128 Å². The minimum absolute atomic E-state index is 0.00867. The van der Waals surface area contributed by atoms with Gasteiger partial charge in [-0.15, -0.1) is 34.0 Å². The Kier molecular flexibility index (Phi) is 22.6. The Labute approximate surface area is 513 Å². The number of nitrogens with two attached hydrogens (primary N) is 2. The average Bonchev–Trinajstić information content (AvgIpc) is 3.69. The maximum absolute atomic E-state index is 5.99. The third-order valence-corrected chi connectivity index (χ3v) is 17.4. The van der Waals surface area contributed by atoms with Crippen LogP contribution in [0.15, 0.2) is 77.7 Å². The number of rotatable bonds is 17. The Morgan fingerprint density at radius 1 is 0.631 bits per heavy atom. The van der Waals surface area contributed by atoms with Gasteiger partial charge in [0.15, 0.2) is 12.5 Å². The van der Waals surface area contributed by atoms with Crippen molar-refractivity contribution in [1.82, 2.24) is 44.7 Å². The molecule has 20 nitrogen and oxygen atoms in total. The summed E-state index contributed by atoms with van der Waals surface area (Å²) in [6, 6.07) is 19.0. The number of ether oxygens (including phenoxy) is 5. The molecule has 0 saturated carbocycles. The Balaban J connectivity index is 0.000000159. The number of thiophene rings is 3. The number of nitrogens with one attached hydrogen (secondary N) is 5. The van der Waals surface area contributed by atoms with E-state index in [0.717, 1.165) is 129 Å². The van der Waals surface area contributed by atoms with Crippen molar-refractivity contribution >= 4 is 109 Å². The zero-order chi connectivity index (χ0) is 60.1. The van der Waals surface area contributed by atoms with Crippen LogP contribution in [0.25, 0.3) is 62.4 Å². The van der Waals surface area contributed by atoms with Crippen LogP contribution in [-0.2, 0) is 23.7 Å². The predicted octanol–water partition coefficient (Wildman–Crippen LogP) is 14.0. The van der Waals surface area contributed by atoms with E-state index in [0.29, 0.717) is 25.6 Å². The number of methoxy groups -OCH3 is 3. The highest BCUT2D eigenvalue weighted by molar-refractivity contribution is 9.10. The van der Waals surface area contributed by atoms with Crippen LogP contribution in [0.5, 0.6) is 0 Å². The van der Waals surface area contributed by atoms with Crippen molar-refractivity contribution in [2.75, 3.05) is 81.4 Å². The van der Waals surface area contributed by atoms with E-state index in [1.807, 2.05) is 46.9 Å². The van der Waals surface area contributed by atoms with Crippen molar-refractivity contribution in [3.8, 4) is 31.7 Å². The molecular formula is C60H84BrN15O5S3. The summed E-state index contributed by atoms with van der Waals surface area (Å²) in [7, 11) is 5.06. The van der Waals surface area contributed by atoms with Crippen LogP contribution >= 0.6 is 49.9 Å². The second-order valence-electron chi connectivity index (χ2n) is 23.2. The molecule has 0 bridgehead atoms. The molecular weight excluding hydrogens is 1190 g/mol. The number of fused-ring (bicyclic) bond motifs is 3. The van der Waals surface area contributed by atoms with Crippen LogP contribution in [0.3, 0.4) is 0 Å². The maximum atomic E-state index is 5.99. The zero-order valence-electron chi connectivity index (χ0n) is 50.5. The molecule has 0 aliphatic carbocycles. The van der Waals surface area contributed by atoms with Gasteiger partial charge in [0.2, 0.25) is 0 Å². The topological polar surface area (TPSA) is 249 Å². The van der Waals surface area contributed by atoms with E-state index in [2.05, 4.69) is 159 Å². The lowest BCUT2D eigenvalue weighted by Gasteiger charge is -2.24. The molecule has 11 heterocycles. The number of hydrogen-bond donors (Lipinski definition) is 7. The third kappa shape index (κ3) is 17.7. The SMILES string of the molecule is CC(C)(C)Nc1cc(Br)c2sc(-c3ccnn3C3CCCCO3)cc2n1.COC[C@@H](C)N.COC[C@@H](C)Nc1cc(N)nc2cc(-c3ccn[nH]3)sc12.COC[C@@H](C)Nc1cc(NC(C)(C)C)nc2cc(-c3ccnn3C3CCCCO3)sc12. The summed E-state index contributed by atoms with van der Waals surface area (Å²) < 4.78 is 35.6. The number of aromatic nitrogens is 9. The van der Waals surface area contributed by atoms with Crippen molar-refractivity contribution in [3.05, 3.63) is 77.7 Å². The van der Waals surface area contributed by atoms with Crippen molar-refractivity contribution in [3.63, 3.8) is 0 Å². The molecule has 2 saturated heterocycles. The van der Waals surface area contributed by atoms with E-state index in [-0.39, 0.29) is 41.7 Å². The van der Waals surface area contributed by atoms with Crippen molar-refractivity contribution < 1.29 is 23.7 Å². The molecule has 9 N–H and O–H groups in total. The first kappa shape index (κ1) is 64.2. The quantitative estimate of drug-likeness (QED) is 0.0448. The van der Waals surface area contributed by atoms with Gasteiger partial charge in [-0.2, -0.15) is 15.3 Å². The second kappa shape index (κ2) is 29.5. The first-order valence-electron chi connectivity index (χ1n) is 28.6. The highest BCUT2D eigenvalue weighted by atomic mass is 79.9. The van der Waals surface area contributed by atoms with Gasteiger partial charge in [-0.05, 0) is 159 Å². The molecule has 0 amide bonds. The number of nitrogen functional groups attached to an aromatic ring is 1. The van der Waals surface area contributed by atoms with E-state index in [9.17, 15) is 0 Å². The normalized spacial score (nSPS) is 16.6. The fraction of sp³-hybridized carbons (Fsp3) is 0.500. The monoisotopic (exact) mass is 1270 g/mol. The van der Waals surface area contributed by atoms with Crippen LogP contribution < -0.4 is 32.7 Å². The largest absolute Gasteiger partial charge is 0.384 e. The number of anilines is 5. The molecule has 5 atom stereocenters. The van der Waals surface area contributed by atoms with Crippen molar-refractivity contribution in [1.29, 1.82) is 0 Å². The van der Waals surface area contributed by atoms with Gasteiger partial charge in [0.1, 0.15) is 17.5 Å². The molecule has 11 rings (SSSR count). The van der Waals surface area contributed by atoms with Gasteiger partial charge in [-0.3, -0.25) is 5.10 Å². The minimum atomic E-state index is -0.0775. The zero-order valence-corrected chi connectivity index (χ0v) is 54.5. The van der Waals surface area contributed by atoms with Gasteiger partial charge in [-0.1, -0.05) is 0 Å². The molecule has 9 aromatic rings. The standard InChI is InChI=1S/C23H33N5O2S.C19H23BrN4OS.C14H17N5OS.C4H11NO/c1-15(14-29-5)25-17-13-20(27-23(2,3)4)26-16-12-19(31-22(16)17)18-9-10-24-28(18)21-8-6-7-11-30-21;1-19(2,3)23-16-10-12(20)18-13(22-16)11-15(26-18)14-7-8-21-24(14)17-6-4-5-9-25-17;1-8(7-20-2)17-11-6-13(15)18-10-5-12(21-14(10)11)9-3-4-16-19-9;1-4(5)3-6-2/h9-10,12-13,15,21H,6-8,11,14H2,1-5H3,(H2,25,26,27);7-8,10-11,17H,4-6,9H2,1-3H3,(H,22,23);3-6,8H,7H2,1-2H3,(H,16,19)(H3,15,17,18);4H,3,5H2,1-2H3/t15-,21?;;8-;4-/m1.11/s1. The van der Waals surface area contributed by atoms with Gasteiger partial charge >= 0.3 is 0 Å². The first-order valence-corrected chi connectivity index (χ1v) is 31.8. The molecule has 2 aliphatic heterocycles. The molecule has 0 spiro atoms. The summed E-state index contributed by atoms with van der Waals surface area (Å²) in [5.41, 5.74) is 19.1. The van der Waals surface area contributed by atoms with Gasteiger partial charge < -0.3 is 56.4 Å². The molecule has 2 unspecified atom stereocenters. The lowest BCUT2D eigenvalue weighted by atomic mass is 10.1. The molecule has 2 fully saturated rings. The summed E-state index contributed by atoms with van der Waals surface area (Å²) in [6.45, 7) is 22.4. The Morgan fingerprint density at radius 3 is 1.57 bits per heavy atom. The summed E-state index contributed by atoms with van der Waals surface area (Å²) >= 11 is 8.84. The summed E-state index contributed by atoms with van der Waals surface area (Å²) in [5.74, 6) is 2.24. The van der Waals surface area contributed by atoms with Crippen LogP contribution in [0.4, 0.5) is 28.8 Å². The molecule has 0 radical (unpaired) electrons. The fourth-order valence-electron chi connectivity index (χ4n) is 9.62. The molecule has 9 aromatic heterocycles. The Hall–Kier alpha value is -5.80. The molecule has 454 valence electrons. The number of nitrogens with zero attached hydrogens (tertiary/aromatic N) is 8. The van der Waals surface area contributed by atoms with E-state index >= 15 is 0 Å². The summed E-state index contributed by atoms with van der Waals surface area (Å²) in [4.78, 5) is 17.5. The highest BCUT2D eigenvalue weighted by Gasteiger charge is 2.25.